The summed E-state index contributed by atoms with van der Waals surface area (Å²) < 4.78 is 0. The molecular formula is C23H26N4O2. The number of benzene rings is 1. The fraction of sp³-hybridized carbons (Fsp3) is 0.304. The minimum atomic E-state index is 0.515. The fourth-order valence-corrected chi connectivity index (χ4v) is 3.05. The molecule has 0 aliphatic rings. The van der Waals surface area contributed by atoms with Crippen LogP contribution in [0.4, 0.5) is 0 Å². The monoisotopic (exact) mass is 390 g/mol. The number of nitrogens with zero attached hydrogens (tertiary/aromatic N) is 4. The van der Waals surface area contributed by atoms with Crippen LogP contribution in [0, 0.1) is 6.92 Å². The summed E-state index contributed by atoms with van der Waals surface area (Å²) in [7, 11) is 1.53. The van der Waals surface area contributed by atoms with Crippen molar-refractivity contribution in [2.24, 2.45) is 10.3 Å². The second-order valence-electron chi connectivity index (χ2n) is 6.83. The van der Waals surface area contributed by atoms with Crippen LogP contribution >= 0.6 is 0 Å². The molecule has 0 N–H and O–H groups in total. The van der Waals surface area contributed by atoms with E-state index in [9.17, 15) is 0 Å². The molecule has 0 saturated carbocycles. The molecule has 1 aromatic carbocycles. The van der Waals surface area contributed by atoms with Gasteiger partial charge < -0.3 is 9.68 Å². The van der Waals surface area contributed by atoms with E-state index in [0.29, 0.717) is 6.61 Å². The first-order chi connectivity index (χ1) is 14.1. The molecule has 0 aliphatic heterocycles. The largest absolute Gasteiger partial charge is 0.399 e. The number of aromatic nitrogens is 2. The quantitative estimate of drug-likeness (QED) is 0.318. The van der Waals surface area contributed by atoms with E-state index in [1.54, 1.807) is 0 Å². The fourth-order valence-electron chi connectivity index (χ4n) is 3.05. The molecule has 0 bridgehead atoms. The third kappa shape index (κ3) is 5.38. The third-order valence-electron chi connectivity index (χ3n) is 4.57. The Morgan fingerprint density at radius 2 is 1.72 bits per heavy atom. The summed E-state index contributed by atoms with van der Waals surface area (Å²) in [5, 5.41) is 9.32. The minimum absolute atomic E-state index is 0.515. The Bertz CT molecular complexity index is 1040. The number of rotatable bonds is 8. The van der Waals surface area contributed by atoms with Crippen molar-refractivity contribution in [3.05, 3.63) is 71.2 Å². The zero-order valence-electron chi connectivity index (χ0n) is 17.3. The average Bonchev–Trinajstić information content (AvgIpc) is 2.73. The van der Waals surface area contributed by atoms with Gasteiger partial charge in [0.25, 0.3) is 0 Å². The maximum atomic E-state index is 5.52. The summed E-state index contributed by atoms with van der Waals surface area (Å²) in [5.41, 5.74) is 6.31. The van der Waals surface area contributed by atoms with Gasteiger partial charge in [-0.2, -0.15) is 0 Å². The van der Waals surface area contributed by atoms with Gasteiger partial charge in [0.2, 0.25) is 0 Å². The number of hydrogen-bond acceptors (Lipinski definition) is 6. The van der Waals surface area contributed by atoms with Crippen molar-refractivity contribution in [1.29, 1.82) is 0 Å². The smallest absolute Gasteiger partial charge is 0.117 e. The predicted octanol–water partition coefficient (Wildman–Crippen LogP) is 4.68. The number of aryl methyl sites for hydroxylation is 2. The second kappa shape index (κ2) is 9.78. The van der Waals surface area contributed by atoms with Crippen molar-refractivity contribution in [2.45, 2.75) is 33.6 Å². The summed E-state index contributed by atoms with van der Waals surface area (Å²) >= 11 is 0. The van der Waals surface area contributed by atoms with Gasteiger partial charge in [-0.25, -0.2) is 4.98 Å². The number of oxime groups is 2. The van der Waals surface area contributed by atoms with E-state index < -0.39 is 0 Å². The van der Waals surface area contributed by atoms with Crippen molar-refractivity contribution in [2.75, 3.05) is 13.7 Å². The van der Waals surface area contributed by atoms with Gasteiger partial charge in [-0.1, -0.05) is 34.6 Å². The molecule has 150 valence electrons. The van der Waals surface area contributed by atoms with Crippen LogP contribution in [0.1, 0.15) is 42.9 Å². The van der Waals surface area contributed by atoms with Crippen molar-refractivity contribution >= 4 is 22.3 Å². The van der Waals surface area contributed by atoms with Gasteiger partial charge in [-0.3, -0.25) is 4.98 Å². The summed E-state index contributed by atoms with van der Waals surface area (Å²) in [5.74, 6) is 0. The highest BCUT2D eigenvalue weighted by Gasteiger charge is 2.06. The van der Waals surface area contributed by atoms with Gasteiger partial charge in [0.05, 0.1) is 16.9 Å². The van der Waals surface area contributed by atoms with E-state index in [1.807, 2.05) is 56.3 Å². The second-order valence-corrected chi connectivity index (χ2v) is 6.83. The summed E-state index contributed by atoms with van der Waals surface area (Å²) in [4.78, 5) is 19.6. The zero-order valence-corrected chi connectivity index (χ0v) is 17.3. The molecule has 0 spiro atoms. The van der Waals surface area contributed by atoms with Crippen molar-refractivity contribution in [3.63, 3.8) is 0 Å². The molecule has 0 atom stereocenters. The van der Waals surface area contributed by atoms with Crippen LogP contribution in [0.3, 0.4) is 0 Å². The van der Waals surface area contributed by atoms with Gasteiger partial charge in [0.15, 0.2) is 0 Å². The van der Waals surface area contributed by atoms with E-state index in [0.717, 1.165) is 52.2 Å². The molecule has 0 radical (unpaired) electrons. The molecular weight excluding hydrogens is 364 g/mol. The maximum absolute atomic E-state index is 5.52. The first-order valence-electron chi connectivity index (χ1n) is 9.66. The summed E-state index contributed by atoms with van der Waals surface area (Å²) in [6.07, 6.45) is 1.62. The van der Waals surface area contributed by atoms with E-state index in [4.69, 9.17) is 9.68 Å². The molecule has 6 nitrogen and oxygen atoms in total. The predicted molar refractivity (Wildman–Crippen MR) is 116 cm³/mol. The van der Waals surface area contributed by atoms with Crippen LogP contribution in [0.2, 0.25) is 0 Å². The molecule has 0 saturated heterocycles. The van der Waals surface area contributed by atoms with Gasteiger partial charge in [0, 0.05) is 11.1 Å². The Morgan fingerprint density at radius 3 is 2.55 bits per heavy atom. The lowest BCUT2D eigenvalue weighted by Gasteiger charge is -2.07. The summed E-state index contributed by atoms with van der Waals surface area (Å²) in [6, 6.07) is 16.1. The van der Waals surface area contributed by atoms with Crippen molar-refractivity contribution in [1.82, 2.24) is 9.97 Å². The highest BCUT2D eigenvalue weighted by molar-refractivity contribution is 5.99. The first-order valence-corrected chi connectivity index (χ1v) is 9.66. The van der Waals surface area contributed by atoms with Gasteiger partial charge in [-0.05, 0) is 63.4 Å². The lowest BCUT2D eigenvalue weighted by molar-refractivity contribution is 0.141. The molecule has 3 aromatic rings. The number of para-hydroxylation sites is 1. The van der Waals surface area contributed by atoms with E-state index in [1.165, 1.54) is 12.7 Å². The maximum Gasteiger partial charge on any atom is 0.117 e. The molecule has 3 rings (SSSR count). The zero-order chi connectivity index (χ0) is 20.6. The van der Waals surface area contributed by atoms with Crippen LogP contribution in [0.5, 0.6) is 0 Å². The van der Waals surface area contributed by atoms with Gasteiger partial charge >= 0.3 is 0 Å². The average molecular weight is 390 g/mol. The Morgan fingerprint density at radius 1 is 0.931 bits per heavy atom. The Hall–Kier alpha value is -3.28. The van der Waals surface area contributed by atoms with Crippen LogP contribution in [-0.4, -0.2) is 35.1 Å². The van der Waals surface area contributed by atoms with E-state index in [2.05, 4.69) is 33.3 Å². The van der Waals surface area contributed by atoms with Crippen molar-refractivity contribution < 1.29 is 9.68 Å². The van der Waals surface area contributed by atoms with Gasteiger partial charge in [0.1, 0.15) is 25.1 Å². The minimum Gasteiger partial charge on any atom is -0.399 e. The van der Waals surface area contributed by atoms with Crippen LogP contribution in [-0.2, 0) is 16.1 Å². The first kappa shape index (κ1) is 20.5. The van der Waals surface area contributed by atoms with Crippen LogP contribution in [0.15, 0.2) is 58.8 Å². The molecule has 2 aromatic heterocycles. The molecule has 0 aliphatic carbocycles. The third-order valence-corrected chi connectivity index (χ3v) is 4.57. The van der Waals surface area contributed by atoms with E-state index in [-0.39, 0.29) is 0 Å². The van der Waals surface area contributed by atoms with Crippen LogP contribution in [0.25, 0.3) is 10.9 Å². The highest BCUT2D eigenvalue weighted by Crippen LogP contribution is 2.17. The van der Waals surface area contributed by atoms with E-state index >= 15 is 0 Å². The van der Waals surface area contributed by atoms with Gasteiger partial charge in [-0.15, -0.1) is 0 Å². The molecule has 0 fully saturated rings. The van der Waals surface area contributed by atoms with Crippen molar-refractivity contribution in [3.8, 4) is 0 Å². The number of pyridine rings is 2. The number of fused-ring (bicyclic) bond motifs is 1. The normalized spacial score (nSPS) is 12.3. The topological polar surface area (TPSA) is 69.0 Å². The summed E-state index contributed by atoms with van der Waals surface area (Å²) in [6.45, 7) is 6.39. The molecule has 2 heterocycles. The van der Waals surface area contributed by atoms with Crippen LogP contribution < -0.4 is 0 Å². The molecule has 29 heavy (non-hydrogen) atoms. The molecule has 0 amide bonds. The lowest BCUT2D eigenvalue weighted by atomic mass is 10.1. The molecule has 6 heteroatoms. The lowest BCUT2D eigenvalue weighted by Crippen LogP contribution is -2.04. The molecule has 0 unspecified atom stereocenters. The Balaban J connectivity index is 1.56. The highest BCUT2D eigenvalue weighted by atomic mass is 16.6. The SMILES string of the molecule is CO/N=C(\C)c1cccc(CCCO/N=C(\C)c2cc(C)c3ccccc3n2)n1. The standard InChI is InChI=1S/C23H26N4O2/c1-16-15-23(25-22-12-6-5-11-20(16)22)18(3)27-29-14-8-10-19-9-7-13-21(24-19)17(2)26-28-4/h5-7,9,11-13,15H,8,10,14H2,1-4H3/b26-17+,27-18+. The number of hydrogen-bond donors (Lipinski definition) is 0. The Labute approximate surface area is 171 Å². The Kier molecular flexibility index (Phi) is 6.89.